The summed E-state index contributed by atoms with van der Waals surface area (Å²) in [5.41, 5.74) is 2.41. The second-order valence-electron chi connectivity index (χ2n) is 6.61. The van der Waals surface area contributed by atoms with E-state index in [2.05, 4.69) is 10.2 Å². The number of fused-ring (bicyclic) bond motifs is 2. The first kappa shape index (κ1) is 18.3. The molecule has 0 bridgehead atoms. The van der Waals surface area contributed by atoms with Gasteiger partial charge in [0.1, 0.15) is 0 Å². The van der Waals surface area contributed by atoms with Crippen molar-refractivity contribution in [3.8, 4) is 11.5 Å². The number of alkyl halides is 3. The molecule has 0 saturated carbocycles. The van der Waals surface area contributed by atoms with Gasteiger partial charge in [0.2, 0.25) is 0 Å². The van der Waals surface area contributed by atoms with Gasteiger partial charge in [0, 0.05) is 24.5 Å². The number of hydrogen-bond donors (Lipinski definition) is 0. The fourth-order valence-corrected chi connectivity index (χ4v) is 3.56. The Morgan fingerprint density at radius 2 is 1.75 bits per heavy atom. The van der Waals surface area contributed by atoms with Crippen molar-refractivity contribution < 1.29 is 22.6 Å². The van der Waals surface area contributed by atoms with Gasteiger partial charge >= 0.3 is 6.18 Å². The summed E-state index contributed by atoms with van der Waals surface area (Å²) < 4.78 is 49.9. The lowest BCUT2D eigenvalue weighted by atomic mass is 9.96. The van der Waals surface area contributed by atoms with Crippen LogP contribution in [0.3, 0.4) is 0 Å². The molecule has 8 heteroatoms. The van der Waals surface area contributed by atoms with Crippen LogP contribution in [0.4, 0.5) is 18.9 Å². The van der Waals surface area contributed by atoms with Gasteiger partial charge in [-0.1, -0.05) is 6.07 Å². The SMILES string of the molecule is COc1cc2nncc(N3CCc4ccc(C(F)(F)F)cc4C3)c2cc1OC. The Labute approximate surface area is 159 Å². The normalized spacial score (nSPS) is 14.1. The number of nitrogens with zero attached hydrogens (tertiary/aromatic N) is 3. The van der Waals surface area contributed by atoms with Gasteiger partial charge in [0.15, 0.2) is 11.5 Å². The number of hydrogen-bond acceptors (Lipinski definition) is 5. The summed E-state index contributed by atoms with van der Waals surface area (Å²) in [5.74, 6) is 1.10. The maximum atomic E-state index is 13.1. The molecule has 2 aromatic carbocycles. The number of methoxy groups -OCH3 is 2. The summed E-state index contributed by atoms with van der Waals surface area (Å²) in [4.78, 5) is 2.02. The largest absolute Gasteiger partial charge is 0.493 e. The van der Waals surface area contributed by atoms with Crippen LogP contribution >= 0.6 is 0 Å². The summed E-state index contributed by atoms with van der Waals surface area (Å²) in [7, 11) is 3.09. The highest BCUT2D eigenvalue weighted by molar-refractivity contribution is 5.93. The lowest BCUT2D eigenvalue weighted by Crippen LogP contribution is -2.31. The molecule has 0 saturated heterocycles. The minimum atomic E-state index is -4.36. The molecule has 1 aliphatic heterocycles. The van der Waals surface area contributed by atoms with Crippen LogP contribution in [-0.4, -0.2) is 31.0 Å². The van der Waals surface area contributed by atoms with Crippen molar-refractivity contribution >= 4 is 16.6 Å². The minimum Gasteiger partial charge on any atom is -0.493 e. The molecule has 1 aromatic heterocycles. The summed E-state index contributed by atoms with van der Waals surface area (Å²) in [5, 5.41) is 9.02. The monoisotopic (exact) mass is 389 g/mol. The number of rotatable bonds is 3. The number of ether oxygens (including phenoxy) is 2. The molecule has 0 amide bonds. The van der Waals surface area contributed by atoms with E-state index < -0.39 is 11.7 Å². The molecule has 0 fully saturated rings. The lowest BCUT2D eigenvalue weighted by molar-refractivity contribution is -0.137. The second-order valence-corrected chi connectivity index (χ2v) is 6.61. The molecule has 0 radical (unpaired) electrons. The third kappa shape index (κ3) is 3.19. The van der Waals surface area contributed by atoms with Crippen LogP contribution in [0, 0.1) is 0 Å². The van der Waals surface area contributed by atoms with Crippen LogP contribution < -0.4 is 14.4 Å². The van der Waals surface area contributed by atoms with Crippen LogP contribution in [0.1, 0.15) is 16.7 Å². The van der Waals surface area contributed by atoms with E-state index in [1.165, 1.54) is 6.07 Å². The second kappa shape index (κ2) is 6.85. The van der Waals surface area contributed by atoms with Crippen molar-refractivity contribution in [2.24, 2.45) is 0 Å². The van der Waals surface area contributed by atoms with Crippen molar-refractivity contribution in [2.75, 3.05) is 25.7 Å². The first-order chi connectivity index (χ1) is 13.4. The summed E-state index contributed by atoms with van der Waals surface area (Å²) in [6.07, 6.45) is -2.07. The Balaban J connectivity index is 1.75. The molecule has 0 aliphatic carbocycles. The van der Waals surface area contributed by atoms with Crippen LogP contribution in [0.25, 0.3) is 10.9 Å². The Bertz CT molecular complexity index is 1040. The molecular formula is C20H18F3N3O2. The summed E-state index contributed by atoms with van der Waals surface area (Å²) >= 11 is 0. The van der Waals surface area contributed by atoms with E-state index in [-0.39, 0.29) is 0 Å². The molecule has 4 rings (SSSR count). The predicted octanol–water partition coefficient (Wildman–Crippen LogP) is 4.23. The molecular weight excluding hydrogens is 371 g/mol. The quantitative estimate of drug-likeness (QED) is 0.671. The van der Waals surface area contributed by atoms with Crippen molar-refractivity contribution in [1.82, 2.24) is 10.2 Å². The van der Waals surface area contributed by atoms with Crippen molar-refractivity contribution in [2.45, 2.75) is 19.1 Å². The standard InChI is InChI=1S/C20H18F3N3O2/c1-27-18-8-15-16(9-19(18)28-2)25-24-10-17(15)26-6-5-12-3-4-14(20(21,22)23)7-13(12)11-26/h3-4,7-10H,5-6,11H2,1-2H3. The predicted molar refractivity (Wildman–Crippen MR) is 98.8 cm³/mol. The number of aromatic nitrogens is 2. The zero-order chi connectivity index (χ0) is 19.9. The van der Waals surface area contributed by atoms with Crippen molar-refractivity contribution in [3.63, 3.8) is 0 Å². The molecule has 3 aromatic rings. The van der Waals surface area contributed by atoms with Crippen LogP contribution in [0.5, 0.6) is 11.5 Å². The van der Waals surface area contributed by atoms with E-state index in [0.717, 1.165) is 22.7 Å². The highest BCUT2D eigenvalue weighted by Crippen LogP contribution is 2.37. The third-order valence-corrected chi connectivity index (χ3v) is 5.01. The molecule has 146 valence electrons. The molecule has 0 spiro atoms. The molecule has 0 N–H and O–H groups in total. The van der Waals surface area contributed by atoms with Gasteiger partial charge < -0.3 is 14.4 Å². The van der Waals surface area contributed by atoms with Gasteiger partial charge in [0.05, 0.1) is 37.2 Å². The number of benzene rings is 2. The number of anilines is 1. The van der Waals surface area contributed by atoms with Gasteiger partial charge in [-0.3, -0.25) is 0 Å². The molecule has 0 atom stereocenters. The fraction of sp³-hybridized carbons (Fsp3) is 0.300. The zero-order valence-corrected chi connectivity index (χ0v) is 15.4. The van der Waals surface area contributed by atoms with Crippen LogP contribution in [0.15, 0.2) is 36.5 Å². The topological polar surface area (TPSA) is 47.5 Å². The molecule has 1 aliphatic rings. The van der Waals surface area contributed by atoms with Gasteiger partial charge in [-0.15, -0.1) is 0 Å². The van der Waals surface area contributed by atoms with Gasteiger partial charge in [0.25, 0.3) is 0 Å². The summed E-state index contributed by atoms with van der Waals surface area (Å²) in [6, 6.07) is 7.52. The minimum absolute atomic E-state index is 0.369. The van der Waals surface area contributed by atoms with E-state index in [0.29, 0.717) is 42.1 Å². The maximum Gasteiger partial charge on any atom is 0.416 e. The third-order valence-electron chi connectivity index (χ3n) is 5.01. The summed E-state index contributed by atoms with van der Waals surface area (Å²) in [6.45, 7) is 1.04. The van der Waals surface area contributed by atoms with E-state index >= 15 is 0 Å². The van der Waals surface area contributed by atoms with E-state index in [1.807, 2.05) is 11.0 Å². The van der Waals surface area contributed by atoms with E-state index in [1.54, 1.807) is 32.5 Å². The van der Waals surface area contributed by atoms with Crippen LogP contribution in [-0.2, 0) is 19.1 Å². The molecule has 5 nitrogen and oxygen atoms in total. The van der Waals surface area contributed by atoms with E-state index in [9.17, 15) is 13.2 Å². The lowest BCUT2D eigenvalue weighted by Gasteiger charge is -2.31. The van der Waals surface area contributed by atoms with Gasteiger partial charge in [-0.05, 0) is 35.7 Å². The Kier molecular flexibility index (Phi) is 4.49. The van der Waals surface area contributed by atoms with Gasteiger partial charge in [-0.2, -0.15) is 23.4 Å². The number of halogens is 3. The highest BCUT2D eigenvalue weighted by Gasteiger charge is 2.32. The maximum absolute atomic E-state index is 13.1. The Morgan fingerprint density at radius 1 is 1.00 bits per heavy atom. The zero-order valence-electron chi connectivity index (χ0n) is 15.4. The average Bonchev–Trinajstić information content (AvgIpc) is 2.70. The first-order valence-corrected chi connectivity index (χ1v) is 8.72. The van der Waals surface area contributed by atoms with E-state index in [4.69, 9.17) is 9.47 Å². The molecule has 0 unspecified atom stereocenters. The average molecular weight is 389 g/mol. The first-order valence-electron chi connectivity index (χ1n) is 8.72. The molecule has 2 heterocycles. The highest BCUT2D eigenvalue weighted by atomic mass is 19.4. The fourth-order valence-electron chi connectivity index (χ4n) is 3.56. The van der Waals surface area contributed by atoms with Crippen LogP contribution in [0.2, 0.25) is 0 Å². The molecule has 28 heavy (non-hydrogen) atoms. The van der Waals surface area contributed by atoms with Gasteiger partial charge in [-0.25, -0.2) is 0 Å². The smallest absolute Gasteiger partial charge is 0.416 e. The Hall–Kier alpha value is -3.03. The Morgan fingerprint density at radius 3 is 2.46 bits per heavy atom. The van der Waals surface area contributed by atoms with Crippen molar-refractivity contribution in [3.05, 3.63) is 53.2 Å². The van der Waals surface area contributed by atoms with Crippen molar-refractivity contribution in [1.29, 1.82) is 0 Å².